The molecule has 0 aliphatic heterocycles. The number of nitrogens with one attached hydrogen (secondary N) is 1. The number of unbranched alkanes of at least 4 members (excludes halogenated alkanes) is 9. The number of hydrogen-bond donors (Lipinski definition) is 2. The number of aliphatic hydroxyl groups excluding tert-OH is 1. The average Bonchev–Trinajstić information content (AvgIpc) is 2.46. The Bertz CT molecular complexity index is 219. The van der Waals surface area contributed by atoms with Gasteiger partial charge < -0.3 is 10.4 Å². The zero-order chi connectivity index (χ0) is 15.1. The summed E-state index contributed by atoms with van der Waals surface area (Å²) < 4.78 is 0. The van der Waals surface area contributed by atoms with E-state index in [1.54, 1.807) is 0 Å². The molecular formula is C17H35NO2. The number of hydrogen-bond acceptors (Lipinski definition) is 2. The lowest BCUT2D eigenvalue weighted by Crippen LogP contribution is -2.35. The third kappa shape index (κ3) is 12.5. The predicted molar refractivity (Wildman–Crippen MR) is 85.8 cm³/mol. The van der Waals surface area contributed by atoms with Gasteiger partial charge in [-0.1, -0.05) is 78.1 Å². The predicted octanol–water partition coefficient (Wildman–Crippen LogP) is 4.18. The Morgan fingerprint density at radius 1 is 0.850 bits per heavy atom. The van der Waals surface area contributed by atoms with Crippen molar-refractivity contribution >= 4 is 5.91 Å². The standard InChI is InChI=1S/C17H35NO2/c1-3-5-7-8-9-10-11-12-14-16(19)17(20)18-15-13-6-4-2/h16,19H,3-15H2,1-2H3,(H,18,20). The molecule has 0 aromatic carbocycles. The van der Waals surface area contributed by atoms with E-state index in [-0.39, 0.29) is 5.91 Å². The molecule has 0 aromatic rings. The lowest BCUT2D eigenvalue weighted by Gasteiger charge is -2.11. The highest BCUT2D eigenvalue weighted by molar-refractivity contribution is 5.80. The summed E-state index contributed by atoms with van der Waals surface area (Å²) in [5.74, 6) is -0.191. The molecule has 0 bridgehead atoms. The van der Waals surface area contributed by atoms with E-state index in [9.17, 15) is 9.90 Å². The number of carbonyl (C=O) groups is 1. The first-order chi connectivity index (χ1) is 9.72. The summed E-state index contributed by atoms with van der Waals surface area (Å²) in [5, 5.41) is 12.5. The van der Waals surface area contributed by atoms with Gasteiger partial charge in [0.15, 0.2) is 0 Å². The van der Waals surface area contributed by atoms with Gasteiger partial charge in [0, 0.05) is 6.54 Å². The number of rotatable bonds is 14. The van der Waals surface area contributed by atoms with E-state index < -0.39 is 6.10 Å². The third-order valence-corrected chi connectivity index (χ3v) is 3.71. The molecule has 0 fully saturated rings. The molecule has 1 amide bonds. The molecule has 1 atom stereocenters. The first-order valence-corrected chi connectivity index (χ1v) is 8.68. The van der Waals surface area contributed by atoms with Gasteiger partial charge in [-0.3, -0.25) is 4.79 Å². The van der Waals surface area contributed by atoms with E-state index in [2.05, 4.69) is 19.2 Å². The monoisotopic (exact) mass is 285 g/mol. The van der Waals surface area contributed by atoms with Crippen molar-refractivity contribution in [1.82, 2.24) is 5.32 Å². The maximum absolute atomic E-state index is 11.6. The van der Waals surface area contributed by atoms with Crippen LogP contribution in [-0.4, -0.2) is 23.7 Å². The zero-order valence-corrected chi connectivity index (χ0v) is 13.6. The minimum absolute atomic E-state index is 0.191. The molecular weight excluding hydrogens is 250 g/mol. The molecule has 0 aliphatic carbocycles. The van der Waals surface area contributed by atoms with Crippen LogP contribution in [0.5, 0.6) is 0 Å². The second-order valence-corrected chi connectivity index (χ2v) is 5.78. The highest BCUT2D eigenvalue weighted by Crippen LogP contribution is 2.10. The van der Waals surface area contributed by atoms with Crippen LogP contribution in [0.25, 0.3) is 0 Å². The number of aliphatic hydroxyl groups is 1. The van der Waals surface area contributed by atoms with Gasteiger partial charge in [-0.15, -0.1) is 0 Å². The summed E-state index contributed by atoms with van der Waals surface area (Å²) in [6.07, 6.45) is 13.0. The molecule has 0 aliphatic rings. The van der Waals surface area contributed by atoms with Crippen LogP contribution in [0.2, 0.25) is 0 Å². The van der Waals surface area contributed by atoms with E-state index >= 15 is 0 Å². The summed E-state index contributed by atoms with van der Waals surface area (Å²) in [4.78, 5) is 11.6. The van der Waals surface area contributed by atoms with Gasteiger partial charge in [-0.25, -0.2) is 0 Å². The maximum atomic E-state index is 11.6. The van der Waals surface area contributed by atoms with E-state index in [1.807, 2.05) is 0 Å². The zero-order valence-electron chi connectivity index (χ0n) is 13.6. The van der Waals surface area contributed by atoms with Crippen LogP contribution in [0.15, 0.2) is 0 Å². The maximum Gasteiger partial charge on any atom is 0.248 e. The van der Waals surface area contributed by atoms with Gasteiger partial charge in [0.25, 0.3) is 0 Å². The minimum Gasteiger partial charge on any atom is -0.383 e. The smallest absolute Gasteiger partial charge is 0.248 e. The van der Waals surface area contributed by atoms with Crippen LogP contribution >= 0.6 is 0 Å². The van der Waals surface area contributed by atoms with E-state index in [4.69, 9.17) is 0 Å². The summed E-state index contributed by atoms with van der Waals surface area (Å²) in [7, 11) is 0. The molecule has 2 N–H and O–H groups in total. The Hall–Kier alpha value is -0.570. The fourth-order valence-corrected chi connectivity index (χ4v) is 2.31. The third-order valence-electron chi connectivity index (χ3n) is 3.71. The van der Waals surface area contributed by atoms with Crippen molar-refractivity contribution in [3.8, 4) is 0 Å². The van der Waals surface area contributed by atoms with Crippen LogP contribution in [0.4, 0.5) is 0 Å². The van der Waals surface area contributed by atoms with Crippen molar-refractivity contribution in [3.05, 3.63) is 0 Å². The molecule has 3 heteroatoms. The summed E-state index contributed by atoms with van der Waals surface area (Å²) in [6, 6.07) is 0. The van der Waals surface area contributed by atoms with Crippen molar-refractivity contribution < 1.29 is 9.90 Å². The summed E-state index contributed by atoms with van der Waals surface area (Å²) in [6.45, 7) is 5.06. The van der Waals surface area contributed by atoms with Crippen molar-refractivity contribution in [2.45, 2.75) is 97.0 Å². The molecule has 0 spiro atoms. The van der Waals surface area contributed by atoms with Gasteiger partial charge in [-0.2, -0.15) is 0 Å². The summed E-state index contributed by atoms with van der Waals surface area (Å²) >= 11 is 0. The molecule has 0 saturated heterocycles. The van der Waals surface area contributed by atoms with Crippen molar-refractivity contribution in [1.29, 1.82) is 0 Å². The Morgan fingerprint density at radius 2 is 1.35 bits per heavy atom. The number of carbonyl (C=O) groups excluding carboxylic acids is 1. The molecule has 20 heavy (non-hydrogen) atoms. The van der Waals surface area contributed by atoms with E-state index in [1.165, 1.54) is 38.5 Å². The van der Waals surface area contributed by atoms with Crippen LogP contribution in [0.3, 0.4) is 0 Å². The first kappa shape index (κ1) is 19.4. The Morgan fingerprint density at radius 3 is 1.95 bits per heavy atom. The largest absolute Gasteiger partial charge is 0.383 e. The molecule has 120 valence electrons. The van der Waals surface area contributed by atoms with Gasteiger partial charge in [0.1, 0.15) is 6.10 Å². The Labute approximate surface area is 125 Å². The second-order valence-electron chi connectivity index (χ2n) is 5.78. The quantitative estimate of drug-likeness (QED) is 0.470. The lowest BCUT2D eigenvalue weighted by atomic mass is 10.1. The molecule has 0 rings (SSSR count). The Balaban J connectivity index is 3.34. The highest BCUT2D eigenvalue weighted by Gasteiger charge is 2.13. The van der Waals surface area contributed by atoms with Gasteiger partial charge in [-0.05, 0) is 12.8 Å². The topological polar surface area (TPSA) is 49.3 Å². The SMILES string of the molecule is CCCCCCCCCCC(O)C(=O)NCCCCC. The van der Waals surface area contributed by atoms with Gasteiger partial charge in [0.2, 0.25) is 5.91 Å². The molecule has 1 unspecified atom stereocenters. The second kappa shape index (κ2) is 14.8. The Kier molecular flexibility index (Phi) is 14.4. The number of amides is 1. The lowest BCUT2D eigenvalue weighted by molar-refractivity contribution is -0.129. The molecule has 3 nitrogen and oxygen atoms in total. The fraction of sp³-hybridized carbons (Fsp3) is 0.941. The molecule has 0 radical (unpaired) electrons. The van der Waals surface area contributed by atoms with Crippen LogP contribution < -0.4 is 5.32 Å². The van der Waals surface area contributed by atoms with Crippen molar-refractivity contribution in [3.63, 3.8) is 0 Å². The first-order valence-electron chi connectivity index (χ1n) is 8.68. The van der Waals surface area contributed by atoms with E-state index in [0.29, 0.717) is 13.0 Å². The van der Waals surface area contributed by atoms with Gasteiger partial charge >= 0.3 is 0 Å². The van der Waals surface area contributed by atoms with Crippen LogP contribution in [-0.2, 0) is 4.79 Å². The minimum atomic E-state index is -0.809. The van der Waals surface area contributed by atoms with Crippen molar-refractivity contribution in [2.75, 3.05) is 6.54 Å². The van der Waals surface area contributed by atoms with Crippen molar-refractivity contribution in [2.24, 2.45) is 0 Å². The highest BCUT2D eigenvalue weighted by atomic mass is 16.3. The molecule has 0 aromatic heterocycles. The fourth-order valence-electron chi connectivity index (χ4n) is 2.31. The summed E-state index contributed by atoms with van der Waals surface area (Å²) in [5.41, 5.74) is 0. The average molecular weight is 285 g/mol. The molecule has 0 saturated carbocycles. The van der Waals surface area contributed by atoms with Crippen LogP contribution in [0, 0.1) is 0 Å². The van der Waals surface area contributed by atoms with E-state index in [0.717, 1.165) is 32.1 Å². The molecule has 0 heterocycles. The van der Waals surface area contributed by atoms with Crippen LogP contribution in [0.1, 0.15) is 90.9 Å². The normalized spacial score (nSPS) is 12.3. The van der Waals surface area contributed by atoms with Gasteiger partial charge in [0.05, 0.1) is 0 Å².